The van der Waals surface area contributed by atoms with Gasteiger partial charge in [0.15, 0.2) is 5.82 Å². The average Bonchev–Trinajstić information content (AvgIpc) is 2.68. The summed E-state index contributed by atoms with van der Waals surface area (Å²) in [4.78, 5) is 8.70. The van der Waals surface area contributed by atoms with E-state index >= 15 is 0 Å². The first-order valence-corrected chi connectivity index (χ1v) is 8.97. The van der Waals surface area contributed by atoms with E-state index in [2.05, 4.69) is 23.5 Å². The minimum atomic E-state index is 0.377. The molecule has 1 aliphatic rings. The Hall–Kier alpha value is -2.16. The Morgan fingerprint density at radius 2 is 1.48 bits per heavy atom. The number of ether oxygens (including phenoxy) is 1. The van der Waals surface area contributed by atoms with Crippen molar-refractivity contribution in [3.05, 3.63) is 48.9 Å². The van der Waals surface area contributed by atoms with Gasteiger partial charge in [0.25, 0.3) is 0 Å². The SMILES string of the molecule is CC.Cc1cnc(-c2ccc(OC3CCC(C)CC3)cc2)nc1.[C-]#[O+]. The summed E-state index contributed by atoms with van der Waals surface area (Å²) in [5.74, 6) is 2.56. The van der Waals surface area contributed by atoms with E-state index in [-0.39, 0.29) is 0 Å². The summed E-state index contributed by atoms with van der Waals surface area (Å²) >= 11 is 0. The zero-order chi connectivity index (χ0) is 18.7. The molecule has 0 atom stereocenters. The van der Waals surface area contributed by atoms with Crippen molar-refractivity contribution in [2.45, 2.75) is 59.5 Å². The first-order chi connectivity index (χ1) is 12.2. The summed E-state index contributed by atoms with van der Waals surface area (Å²) in [7, 11) is 0. The van der Waals surface area contributed by atoms with Crippen LogP contribution >= 0.6 is 0 Å². The van der Waals surface area contributed by atoms with Gasteiger partial charge in [0, 0.05) is 18.0 Å². The molecule has 0 unspecified atom stereocenters. The molecule has 0 radical (unpaired) electrons. The number of benzene rings is 1. The molecule has 1 fully saturated rings. The second kappa shape index (κ2) is 11.4. The van der Waals surface area contributed by atoms with E-state index in [1.165, 1.54) is 25.7 Å². The second-order valence-corrected chi connectivity index (χ2v) is 6.11. The summed E-state index contributed by atoms with van der Waals surface area (Å²) in [5.41, 5.74) is 2.10. The van der Waals surface area contributed by atoms with Crippen LogP contribution in [0, 0.1) is 19.5 Å². The molecule has 1 aromatic heterocycles. The van der Waals surface area contributed by atoms with Crippen molar-refractivity contribution in [1.29, 1.82) is 0 Å². The van der Waals surface area contributed by atoms with Gasteiger partial charge in [-0.15, -0.1) is 0 Å². The molecule has 4 heteroatoms. The van der Waals surface area contributed by atoms with Crippen molar-refractivity contribution >= 4 is 0 Å². The topological polar surface area (TPSA) is 54.9 Å². The fraction of sp³-hybridized carbons (Fsp3) is 0.476. The second-order valence-electron chi connectivity index (χ2n) is 6.11. The van der Waals surface area contributed by atoms with Gasteiger partial charge >= 0.3 is 11.3 Å². The third-order valence-corrected chi connectivity index (χ3v) is 4.16. The van der Waals surface area contributed by atoms with Crippen LogP contribution < -0.4 is 4.74 Å². The van der Waals surface area contributed by atoms with Crippen molar-refractivity contribution in [1.82, 2.24) is 9.97 Å². The van der Waals surface area contributed by atoms with Crippen LogP contribution in [0.25, 0.3) is 11.4 Å². The number of hydrogen-bond acceptors (Lipinski definition) is 3. The Morgan fingerprint density at radius 3 is 2.00 bits per heavy atom. The zero-order valence-electron chi connectivity index (χ0n) is 15.7. The van der Waals surface area contributed by atoms with Crippen LogP contribution in [0.5, 0.6) is 5.75 Å². The molecule has 0 bridgehead atoms. The van der Waals surface area contributed by atoms with Gasteiger partial charge in [0.05, 0.1) is 6.10 Å². The van der Waals surface area contributed by atoms with E-state index < -0.39 is 0 Å². The maximum atomic E-state index is 7.50. The first-order valence-electron chi connectivity index (χ1n) is 8.97. The molecule has 1 saturated carbocycles. The fourth-order valence-corrected chi connectivity index (χ4v) is 2.76. The standard InChI is InChI=1S/C18H22N2O.C2H6.CO/c1-13-3-7-16(8-4-13)21-17-9-5-15(6-10-17)18-19-11-14(2)12-20-18;2*1-2/h5-6,9-13,16H,3-4,7-8H2,1-2H3;1-2H3;. The molecule has 1 aliphatic carbocycles. The molecule has 25 heavy (non-hydrogen) atoms. The molecule has 0 saturated heterocycles. The van der Waals surface area contributed by atoms with Crippen molar-refractivity contribution in [3.63, 3.8) is 0 Å². The number of aromatic nitrogens is 2. The van der Waals surface area contributed by atoms with Gasteiger partial charge < -0.3 is 4.74 Å². The van der Waals surface area contributed by atoms with Gasteiger partial charge in [0.1, 0.15) is 5.75 Å². The summed E-state index contributed by atoms with van der Waals surface area (Å²) in [6.45, 7) is 12.8. The number of aryl methyl sites for hydroxylation is 1. The van der Waals surface area contributed by atoms with Gasteiger partial charge in [0.2, 0.25) is 0 Å². The quantitative estimate of drug-likeness (QED) is 0.555. The van der Waals surface area contributed by atoms with Gasteiger partial charge in [-0.3, -0.25) is 0 Å². The van der Waals surface area contributed by atoms with Crippen molar-refractivity contribution in [3.8, 4) is 17.1 Å². The van der Waals surface area contributed by atoms with Crippen molar-refractivity contribution < 1.29 is 9.39 Å². The monoisotopic (exact) mass is 340 g/mol. The van der Waals surface area contributed by atoms with Crippen LogP contribution in [-0.4, -0.2) is 16.1 Å². The van der Waals surface area contributed by atoms with Crippen LogP contribution in [0.4, 0.5) is 0 Å². The van der Waals surface area contributed by atoms with Crippen LogP contribution in [0.1, 0.15) is 52.0 Å². The number of hydrogen-bond donors (Lipinski definition) is 0. The Bertz CT molecular complexity index is 613. The van der Waals surface area contributed by atoms with Gasteiger partial charge in [-0.2, -0.15) is 0 Å². The Morgan fingerprint density at radius 1 is 0.960 bits per heavy atom. The van der Waals surface area contributed by atoms with E-state index in [1.54, 1.807) is 0 Å². The molecule has 3 rings (SSSR count). The molecule has 0 amide bonds. The van der Waals surface area contributed by atoms with E-state index in [0.717, 1.165) is 28.6 Å². The zero-order valence-corrected chi connectivity index (χ0v) is 15.7. The maximum absolute atomic E-state index is 7.50. The van der Waals surface area contributed by atoms with E-state index in [1.807, 2.05) is 57.4 Å². The molecule has 134 valence electrons. The van der Waals surface area contributed by atoms with Crippen LogP contribution in [-0.2, 0) is 4.65 Å². The first kappa shape index (κ1) is 20.9. The molecule has 4 nitrogen and oxygen atoms in total. The molecular formula is C21H28N2O2. The summed E-state index contributed by atoms with van der Waals surface area (Å²) in [6.07, 6.45) is 8.96. The van der Waals surface area contributed by atoms with Crippen LogP contribution in [0.15, 0.2) is 36.7 Å². The average molecular weight is 340 g/mol. The summed E-state index contributed by atoms with van der Waals surface area (Å²) < 4.78 is 13.6. The predicted molar refractivity (Wildman–Crippen MR) is 99.5 cm³/mol. The predicted octanol–water partition coefficient (Wildman–Crippen LogP) is 5.40. The van der Waals surface area contributed by atoms with E-state index in [9.17, 15) is 0 Å². The van der Waals surface area contributed by atoms with Crippen LogP contribution in [0.2, 0.25) is 0 Å². The van der Waals surface area contributed by atoms with Crippen molar-refractivity contribution in [2.24, 2.45) is 5.92 Å². The molecule has 0 spiro atoms. The van der Waals surface area contributed by atoms with E-state index in [4.69, 9.17) is 9.39 Å². The molecular weight excluding hydrogens is 312 g/mol. The Kier molecular flexibility index (Phi) is 9.53. The van der Waals surface area contributed by atoms with E-state index in [0.29, 0.717) is 6.10 Å². The van der Waals surface area contributed by atoms with Crippen molar-refractivity contribution in [2.75, 3.05) is 0 Å². The van der Waals surface area contributed by atoms with Gasteiger partial charge in [-0.25, -0.2) is 9.97 Å². The summed E-state index contributed by atoms with van der Waals surface area (Å²) in [6, 6.07) is 8.12. The normalized spacial score (nSPS) is 18.8. The third-order valence-electron chi connectivity index (χ3n) is 4.16. The molecule has 0 N–H and O–H groups in total. The molecule has 2 aromatic rings. The molecule has 1 aromatic carbocycles. The number of rotatable bonds is 3. The Labute approximate surface area is 151 Å². The number of nitrogens with zero attached hydrogens (tertiary/aromatic N) is 2. The minimum absolute atomic E-state index is 0.377. The molecule has 0 aliphatic heterocycles. The third kappa shape index (κ3) is 6.69. The van der Waals surface area contributed by atoms with Crippen LogP contribution in [0.3, 0.4) is 0 Å². The van der Waals surface area contributed by atoms with Gasteiger partial charge in [-0.1, -0.05) is 20.8 Å². The molecule has 1 heterocycles. The van der Waals surface area contributed by atoms with Gasteiger partial charge in [-0.05, 0) is 68.4 Å². The Balaban J connectivity index is 0.000000730. The summed E-state index contributed by atoms with van der Waals surface area (Å²) in [5, 5.41) is 0. The fourth-order valence-electron chi connectivity index (χ4n) is 2.76.